The first-order valence-corrected chi connectivity index (χ1v) is 6.81. The lowest BCUT2D eigenvalue weighted by Crippen LogP contribution is -2.48. The van der Waals surface area contributed by atoms with E-state index in [0.29, 0.717) is 19.5 Å². The molecule has 0 spiro atoms. The van der Waals surface area contributed by atoms with Crippen LogP contribution in [-0.4, -0.2) is 38.0 Å². The number of H-pyrrole nitrogens is 1. The lowest BCUT2D eigenvalue weighted by molar-refractivity contribution is -0.123. The molecule has 0 bridgehead atoms. The van der Waals surface area contributed by atoms with Crippen LogP contribution in [0, 0.1) is 0 Å². The van der Waals surface area contributed by atoms with Gasteiger partial charge in [-0.25, -0.2) is 9.97 Å². The van der Waals surface area contributed by atoms with Crippen molar-refractivity contribution in [3.8, 4) is 0 Å². The van der Waals surface area contributed by atoms with E-state index in [9.17, 15) is 4.79 Å². The van der Waals surface area contributed by atoms with Crippen molar-refractivity contribution in [2.75, 3.05) is 6.54 Å². The van der Waals surface area contributed by atoms with Gasteiger partial charge in [0.1, 0.15) is 0 Å². The topological polar surface area (TPSA) is 87.6 Å². The first-order valence-electron chi connectivity index (χ1n) is 6.81. The zero-order chi connectivity index (χ0) is 13.8. The average molecular weight is 274 g/mol. The smallest absolute Gasteiger partial charge is 0.237 e. The van der Waals surface area contributed by atoms with E-state index >= 15 is 0 Å². The van der Waals surface area contributed by atoms with Crippen LogP contribution >= 0.6 is 0 Å². The highest BCUT2D eigenvalue weighted by Gasteiger charge is 2.25. The number of aromatic nitrogens is 4. The number of carbonyl (C=O) groups excluding carboxylic acids is 1. The van der Waals surface area contributed by atoms with Gasteiger partial charge in [0.05, 0.1) is 30.1 Å². The molecule has 2 aromatic heterocycles. The first kappa shape index (κ1) is 12.9. The van der Waals surface area contributed by atoms with Crippen molar-refractivity contribution in [3.63, 3.8) is 0 Å². The lowest BCUT2D eigenvalue weighted by Gasteiger charge is -2.22. The number of rotatable bonds is 5. The Morgan fingerprint density at radius 1 is 1.55 bits per heavy atom. The Balaban J connectivity index is 1.41. The van der Waals surface area contributed by atoms with Gasteiger partial charge in [0.25, 0.3) is 0 Å². The van der Waals surface area contributed by atoms with E-state index in [0.717, 1.165) is 24.4 Å². The number of carbonyl (C=O) groups is 1. The quantitative estimate of drug-likeness (QED) is 0.660. The molecule has 1 aliphatic rings. The van der Waals surface area contributed by atoms with Gasteiger partial charge in [-0.05, 0) is 6.42 Å². The summed E-state index contributed by atoms with van der Waals surface area (Å²) in [6.45, 7) is 2.20. The fourth-order valence-electron chi connectivity index (χ4n) is 2.37. The Morgan fingerprint density at radius 3 is 3.35 bits per heavy atom. The minimum Gasteiger partial charge on any atom is -0.355 e. The molecule has 7 nitrogen and oxygen atoms in total. The highest BCUT2D eigenvalue weighted by Crippen LogP contribution is 2.11. The Morgan fingerprint density at radius 2 is 2.50 bits per heavy atom. The molecular formula is C13H18N6O. The maximum Gasteiger partial charge on any atom is 0.237 e. The second-order valence-corrected chi connectivity index (χ2v) is 4.91. The van der Waals surface area contributed by atoms with Gasteiger partial charge in [0, 0.05) is 38.4 Å². The third kappa shape index (κ3) is 2.88. The maximum atomic E-state index is 12.1. The molecule has 0 fully saturated rings. The van der Waals surface area contributed by atoms with Crippen LogP contribution in [0.25, 0.3) is 0 Å². The molecule has 2 aromatic rings. The van der Waals surface area contributed by atoms with Crippen LogP contribution in [0.4, 0.5) is 0 Å². The van der Waals surface area contributed by atoms with E-state index in [1.165, 1.54) is 0 Å². The van der Waals surface area contributed by atoms with Crippen LogP contribution in [-0.2, 0) is 24.3 Å². The number of hydrogen-bond donors (Lipinski definition) is 3. The molecule has 106 valence electrons. The summed E-state index contributed by atoms with van der Waals surface area (Å²) in [4.78, 5) is 23.3. The van der Waals surface area contributed by atoms with Crippen LogP contribution in [0.2, 0.25) is 0 Å². The van der Waals surface area contributed by atoms with Gasteiger partial charge in [-0.2, -0.15) is 0 Å². The summed E-state index contributed by atoms with van der Waals surface area (Å²) in [6, 6.07) is -0.181. The summed E-state index contributed by atoms with van der Waals surface area (Å²) in [5.41, 5.74) is 2.07. The molecule has 0 saturated heterocycles. The summed E-state index contributed by atoms with van der Waals surface area (Å²) in [7, 11) is 0. The Labute approximate surface area is 116 Å². The molecule has 3 heterocycles. The van der Waals surface area contributed by atoms with Gasteiger partial charge in [0.2, 0.25) is 5.91 Å². The standard InChI is InChI=1S/C13H18N6O/c20-13(15-2-1-4-19-5-3-14-9-19)11-6-10-12(7-16-11)18-8-17-10/h3,5,8-9,11,16H,1-2,4,6-7H2,(H,15,20)(H,17,18). The second kappa shape index (κ2) is 5.87. The van der Waals surface area contributed by atoms with Gasteiger partial charge in [-0.3, -0.25) is 10.1 Å². The van der Waals surface area contributed by atoms with Gasteiger partial charge < -0.3 is 14.9 Å². The monoisotopic (exact) mass is 274 g/mol. The normalized spacial score (nSPS) is 17.7. The molecule has 1 aliphatic heterocycles. The SMILES string of the molecule is O=C(NCCCn1ccnc1)C1Cc2nc[nH]c2CN1. The number of aryl methyl sites for hydroxylation is 1. The van der Waals surface area contributed by atoms with Crippen molar-refractivity contribution in [1.29, 1.82) is 0 Å². The van der Waals surface area contributed by atoms with Crippen LogP contribution in [0.1, 0.15) is 17.8 Å². The molecule has 0 radical (unpaired) electrons. The Hall–Kier alpha value is -2.15. The number of aromatic amines is 1. The average Bonchev–Trinajstić information content (AvgIpc) is 3.13. The van der Waals surface area contributed by atoms with Crippen molar-refractivity contribution in [2.45, 2.75) is 32.0 Å². The van der Waals surface area contributed by atoms with Crippen molar-refractivity contribution < 1.29 is 4.79 Å². The molecule has 7 heteroatoms. The van der Waals surface area contributed by atoms with E-state index in [2.05, 4.69) is 25.6 Å². The molecule has 0 aliphatic carbocycles. The molecule has 3 N–H and O–H groups in total. The predicted octanol–water partition coefficient (Wildman–Crippen LogP) is -0.173. The number of hydrogen-bond acceptors (Lipinski definition) is 4. The van der Waals surface area contributed by atoms with E-state index < -0.39 is 0 Å². The third-order valence-electron chi connectivity index (χ3n) is 3.50. The van der Waals surface area contributed by atoms with Crippen molar-refractivity contribution in [2.24, 2.45) is 0 Å². The van der Waals surface area contributed by atoms with Gasteiger partial charge in [-0.1, -0.05) is 0 Å². The van der Waals surface area contributed by atoms with E-state index in [-0.39, 0.29) is 11.9 Å². The molecule has 1 atom stereocenters. The first-order chi connectivity index (χ1) is 9.83. The summed E-state index contributed by atoms with van der Waals surface area (Å²) in [5, 5.41) is 6.18. The fraction of sp³-hybridized carbons (Fsp3) is 0.462. The van der Waals surface area contributed by atoms with Gasteiger partial charge in [-0.15, -0.1) is 0 Å². The minimum atomic E-state index is -0.181. The number of fused-ring (bicyclic) bond motifs is 1. The van der Waals surface area contributed by atoms with Crippen LogP contribution in [0.15, 0.2) is 25.0 Å². The highest BCUT2D eigenvalue weighted by molar-refractivity contribution is 5.82. The summed E-state index contributed by atoms with van der Waals surface area (Å²) >= 11 is 0. The number of nitrogens with one attached hydrogen (secondary N) is 3. The summed E-state index contributed by atoms with van der Waals surface area (Å²) in [5.74, 6) is 0.0456. The molecule has 3 rings (SSSR count). The second-order valence-electron chi connectivity index (χ2n) is 4.91. The van der Waals surface area contributed by atoms with Gasteiger partial charge >= 0.3 is 0 Å². The van der Waals surface area contributed by atoms with Crippen molar-refractivity contribution in [3.05, 3.63) is 36.4 Å². The largest absolute Gasteiger partial charge is 0.355 e. The molecule has 1 amide bonds. The Bertz CT molecular complexity index is 561. The lowest BCUT2D eigenvalue weighted by atomic mass is 10.0. The maximum absolute atomic E-state index is 12.1. The third-order valence-corrected chi connectivity index (χ3v) is 3.50. The number of imidazole rings is 2. The van der Waals surface area contributed by atoms with Crippen molar-refractivity contribution in [1.82, 2.24) is 30.2 Å². The predicted molar refractivity (Wildman–Crippen MR) is 72.8 cm³/mol. The van der Waals surface area contributed by atoms with E-state index in [1.807, 2.05) is 10.8 Å². The summed E-state index contributed by atoms with van der Waals surface area (Å²) < 4.78 is 2.00. The highest BCUT2D eigenvalue weighted by atomic mass is 16.2. The zero-order valence-electron chi connectivity index (χ0n) is 11.2. The van der Waals surface area contributed by atoms with Gasteiger partial charge in [0.15, 0.2) is 0 Å². The molecule has 0 aromatic carbocycles. The van der Waals surface area contributed by atoms with Crippen molar-refractivity contribution >= 4 is 5.91 Å². The Kier molecular flexibility index (Phi) is 3.78. The molecule has 20 heavy (non-hydrogen) atoms. The minimum absolute atomic E-state index is 0.0456. The number of nitrogens with zero attached hydrogens (tertiary/aromatic N) is 3. The molecule has 1 unspecified atom stereocenters. The van der Waals surface area contributed by atoms with Crippen LogP contribution < -0.4 is 10.6 Å². The van der Waals surface area contributed by atoms with E-state index in [4.69, 9.17) is 0 Å². The molecule has 0 saturated carbocycles. The summed E-state index contributed by atoms with van der Waals surface area (Å²) in [6.07, 6.45) is 8.67. The van der Waals surface area contributed by atoms with E-state index in [1.54, 1.807) is 18.9 Å². The fourth-order valence-corrected chi connectivity index (χ4v) is 2.37. The number of amides is 1. The molecular weight excluding hydrogens is 256 g/mol. The van der Waals surface area contributed by atoms with Crippen LogP contribution in [0.5, 0.6) is 0 Å². The zero-order valence-corrected chi connectivity index (χ0v) is 11.2. The van der Waals surface area contributed by atoms with Crippen LogP contribution in [0.3, 0.4) is 0 Å².